The highest BCUT2D eigenvalue weighted by Gasteiger charge is 2.13. The molecule has 0 amide bonds. The predicted octanol–water partition coefficient (Wildman–Crippen LogP) is 1.63. The molecule has 0 saturated heterocycles. The third-order valence-corrected chi connectivity index (χ3v) is 1.83. The monoisotopic (exact) mass is 195 g/mol. The molecule has 4 heteroatoms. The van der Waals surface area contributed by atoms with Crippen molar-refractivity contribution in [2.75, 3.05) is 7.11 Å². The molecule has 1 N–H and O–H groups in total. The topological polar surface area (TPSA) is 59.4 Å². The molecule has 0 radical (unpaired) electrons. The van der Waals surface area contributed by atoms with Gasteiger partial charge in [0.1, 0.15) is 0 Å². The molecule has 0 atom stereocenters. The third kappa shape index (κ3) is 2.02. The van der Waals surface area contributed by atoms with Crippen LogP contribution in [0, 0.1) is 5.92 Å². The summed E-state index contributed by atoms with van der Waals surface area (Å²) in [6.07, 6.45) is 1.40. The van der Waals surface area contributed by atoms with Crippen molar-refractivity contribution in [1.82, 2.24) is 4.98 Å². The highest BCUT2D eigenvalue weighted by molar-refractivity contribution is 5.97. The van der Waals surface area contributed by atoms with Crippen molar-refractivity contribution >= 4 is 5.78 Å². The summed E-state index contributed by atoms with van der Waals surface area (Å²) in [6.45, 7) is 3.59. The highest BCUT2D eigenvalue weighted by Crippen LogP contribution is 2.23. The van der Waals surface area contributed by atoms with Crippen LogP contribution in [0.15, 0.2) is 12.3 Å². The maximum absolute atomic E-state index is 11.5. The van der Waals surface area contributed by atoms with Crippen molar-refractivity contribution in [3.05, 3.63) is 17.8 Å². The Hall–Kier alpha value is -1.58. The number of aromatic hydroxyl groups is 1. The number of carbonyl (C=O) groups is 1. The van der Waals surface area contributed by atoms with Gasteiger partial charge in [0.2, 0.25) is 0 Å². The third-order valence-electron chi connectivity index (χ3n) is 1.83. The predicted molar refractivity (Wildman–Crippen MR) is 51.6 cm³/mol. The van der Waals surface area contributed by atoms with E-state index in [0.29, 0.717) is 5.56 Å². The van der Waals surface area contributed by atoms with E-state index in [1.807, 2.05) is 0 Å². The van der Waals surface area contributed by atoms with Crippen molar-refractivity contribution in [1.29, 1.82) is 0 Å². The summed E-state index contributed by atoms with van der Waals surface area (Å²) < 4.78 is 4.77. The number of ether oxygens (including phenoxy) is 1. The van der Waals surface area contributed by atoms with Gasteiger partial charge in [-0.15, -0.1) is 0 Å². The van der Waals surface area contributed by atoms with Gasteiger partial charge in [0.25, 0.3) is 5.88 Å². The molecule has 4 nitrogen and oxygen atoms in total. The minimum atomic E-state index is -0.112. The maximum Gasteiger partial charge on any atom is 0.256 e. The first kappa shape index (κ1) is 10.5. The van der Waals surface area contributed by atoms with Crippen LogP contribution in [0.25, 0.3) is 0 Å². The molecular formula is C10H13NO3. The number of carbonyl (C=O) groups excluding carboxylic acids is 1. The van der Waals surface area contributed by atoms with Crippen molar-refractivity contribution in [3.8, 4) is 11.6 Å². The zero-order chi connectivity index (χ0) is 10.7. The maximum atomic E-state index is 11.5. The van der Waals surface area contributed by atoms with Crippen LogP contribution >= 0.6 is 0 Å². The van der Waals surface area contributed by atoms with Gasteiger partial charge in [0, 0.05) is 17.7 Å². The van der Waals surface area contributed by atoms with Gasteiger partial charge in [0.15, 0.2) is 11.5 Å². The van der Waals surface area contributed by atoms with Gasteiger partial charge in [0.05, 0.1) is 7.11 Å². The number of Topliss-reactive ketones (excluding diaryl/α,β-unsaturated/α-hetero) is 1. The molecule has 0 spiro atoms. The second-order valence-corrected chi connectivity index (χ2v) is 3.27. The Morgan fingerprint density at radius 2 is 2.21 bits per heavy atom. The first-order valence-corrected chi connectivity index (χ1v) is 4.33. The largest absolute Gasteiger partial charge is 0.503 e. The molecule has 1 heterocycles. The number of pyridine rings is 1. The van der Waals surface area contributed by atoms with Crippen molar-refractivity contribution in [2.24, 2.45) is 5.92 Å². The zero-order valence-corrected chi connectivity index (χ0v) is 8.44. The molecule has 0 fully saturated rings. The van der Waals surface area contributed by atoms with Crippen LogP contribution in [0.5, 0.6) is 11.6 Å². The summed E-state index contributed by atoms with van der Waals surface area (Å²) in [6, 6.07) is 1.37. The minimum absolute atomic E-state index is 0.0459. The second kappa shape index (κ2) is 4.09. The first-order chi connectivity index (χ1) is 6.56. The fourth-order valence-electron chi connectivity index (χ4n) is 1.07. The molecule has 1 rings (SSSR count). The SMILES string of the molecule is COc1ncc(C(=O)C(C)C)cc1O. The van der Waals surface area contributed by atoms with Crippen LogP contribution in [0.4, 0.5) is 0 Å². The Labute approximate surface area is 82.5 Å². The van der Waals surface area contributed by atoms with Crippen LogP contribution in [0.1, 0.15) is 24.2 Å². The van der Waals surface area contributed by atoms with Crippen molar-refractivity contribution in [2.45, 2.75) is 13.8 Å². The van der Waals surface area contributed by atoms with E-state index in [4.69, 9.17) is 4.74 Å². The molecule has 0 aliphatic rings. The fourth-order valence-corrected chi connectivity index (χ4v) is 1.07. The quantitative estimate of drug-likeness (QED) is 0.745. The van der Waals surface area contributed by atoms with Crippen LogP contribution in [-0.2, 0) is 0 Å². The first-order valence-electron chi connectivity index (χ1n) is 4.33. The standard InChI is InChI=1S/C10H13NO3/c1-6(2)9(13)7-4-8(12)10(14-3)11-5-7/h4-6,12H,1-3H3. The number of methoxy groups -OCH3 is 1. The van der Waals surface area contributed by atoms with Gasteiger partial charge in [-0.05, 0) is 6.07 Å². The van der Waals surface area contributed by atoms with Gasteiger partial charge in [-0.3, -0.25) is 4.79 Å². The van der Waals surface area contributed by atoms with E-state index >= 15 is 0 Å². The Morgan fingerprint density at radius 3 is 2.64 bits per heavy atom. The van der Waals surface area contributed by atoms with Gasteiger partial charge in [-0.25, -0.2) is 4.98 Å². The van der Waals surface area contributed by atoms with E-state index in [-0.39, 0.29) is 23.3 Å². The van der Waals surface area contributed by atoms with E-state index in [2.05, 4.69) is 4.98 Å². The molecule has 0 aliphatic heterocycles. The van der Waals surface area contributed by atoms with E-state index in [0.717, 1.165) is 0 Å². The van der Waals surface area contributed by atoms with Gasteiger partial charge < -0.3 is 9.84 Å². The summed E-state index contributed by atoms with van der Waals surface area (Å²) in [5.41, 5.74) is 0.401. The number of hydrogen-bond donors (Lipinski definition) is 1. The Bertz CT molecular complexity index is 347. The van der Waals surface area contributed by atoms with Gasteiger partial charge >= 0.3 is 0 Å². The smallest absolute Gasteiger partial charge is 0.256 e. The number of rotatable bonds is 3. The lowest BCUT2D eigenvalue weighted by Crippen LogP contribution is -2.07. The number of ketones is 1. The molecule has 0 unspecified atom stereocenters. The van der Waals surface area contributed by atoms with Gasteiger partial charge in [-0.1, -0.05) is 13.8 Å². The van der Waals surface area contributed by atoms with Crippen molar-refractivity contribution in [3.63, 3.8) is 0 Å². The molecule has 0 saturated carbocycles. The van der Waals surface area contributed by atoms with E-state index in [1.165, 1.54) is 19.4 Å². The lowest BCUT2D eigenvalue weighted by atomic mass is 10.0. The Morgan fingerprint density at radius 1 is 1.57 bits per heavy atom. The minimum Gasteiger partial charge on any atom is -0.503 e. The number of nitrogens with zero attached hydrogens (tertiary/aromatic N) is 1. The molecule has 0 aromatic carbocycles. The normalized spacial score (nSPS) is 10.3. The highest BCUT2D eigenvalue weighted by atomic mass is 16.5. The van der Waals surface area contributed by atoms with E-state index in [9.17, 15) is 9.90 Å². The molecular weight excluding hydrogens is 182 g/mol. The molecule has 76 valence electrons. The zero-order valence-electron chi connectivity index (χ0n) is 8.44. The van der Waals surface area contributed by atoms with Crippen LogP contribution in [-0.4, -0.2) is 23.0 Å². The second-order valence-electron chi connectivity index (χ2n) is 3.27. The number of aromatic nitrogens is 1. The molecule has 0 bridgehead atoms. The van der Waals surface area contributed by atoms with E-state index < -0.39 is 0 Å². The summed E-state index contributed by atoms with van der Waals surface area (Å²) in [7, 11) is 1.41. The van der Waals surface area contributed by atoms with Crippen LogP contribution in [0.2, 0.25) is 0 Å². The van der Waals surface area contributed by atoms with Crippen LogP contribution < -0.4 is 4.74 Å². The lowest BCUT2D eigenvalue weighted by Gasteiger charge is -2.06. The molecule has 0 aliphatic carbocycles. The Balaban J connectivity index is 3.03. The summed E-state index contributed by atoms with van der Waals surface area (Å²) in [4.78, 5) is 15.3. The number of hydrogen-bond acceptors (Lipinski definition) is 4. The summed E-state index contributed by atoms with van der Waals surface area (Å²) in [5.74, 6) is -0.135. The molecule has 1 aromatic heterocycles. The van der Waals surface area contributed by atoms with Gasteiger partial charge in [-0.2, -0.15) is 0 Å². The average molecular weight is 195 g/mol. The summed E-state index contributed by atoms with van der Waals surface area (Å²) in [5, 5.41) is 9.38. The molecule has 14 heavy (non-hydrogen) atoms. The fraction of sp³-hybridized carbons (Fsp3) is 0.400. The average Bonchev–Trinajstić information content (AvgIpc) is 2.16. The van der Waals surface area contributed by atoms with Crippen molar-refractivity contribution < 1.29 is 14.6 Å². The molecule has 1 aromatic rings. The lowest BCUT2D eigenvalue weighted by molar-refractivity contribution is 0.0938. The van der Waals surface area contributed by atoms with Crippen LogP contribution in [0.3, 0.4) is 0 Å². The Kier molecular flexibility index (Phi) is 3.06. The van der Waals surface area contributed by atoms with E-state index in [1.54, 1.807) is 13.8 Å². The summed E-state index contributed by atoms with van der Waals surface area (Å²) >= 11 is 0.